The van der Waals surface area contributed by atoms with Gasteiger partial charge >= 0.3 is 12.1 Å². The minimum absolute atomic E-state index is 0.0174. The van der Waals surface area contributed by atoms with Crippen LogP contribution in [0.25, 0.3) is 17.4 Å². The number of hydrazone groups is 1. The van der Waals surface area contributed by atoms with Gasteiger partial charge in [0, 0.05) is 5.56 Å². The van der Waals surface area contributed by atoms with E-state index in [1.165, 1.54) is 18.2 Å². The fourth-order valence-corrected chi connectivity index (χ4v) is 3.45. The molecule has 0 atom stereocenters. The third-order valence-corrected chi connectivity index (χ3v) is 5.14. The van der Waals surface area contributed by atoms with E-state index in [-0.39, 0.29) is 17.4 Å². The van der Waals surface area contributed by atoms with Crippen LogP contribution in [0.5, 0.6) is 0 Å². The molecule has 0 fully saturated rings. The number of amides is 1. The normalized spacial score (nSPS) is 15.2. The van der Waals surface area contributed by atoms with E-state index in [9.17, 15) is 22.8 Å². The van der Waals surface area contributed by atoms with E-state index in [4.69, 9.17) is 9.15 Å². The van der Waals surface area contributed by atoms with Gasteiger partial charge in [-0.05, 0) is 69.3 Å². The SMILES string of the molecule is CC1=NN(c2cccc(C(F)(F)F)c2)C(=O)/C1=C/c1ccc(-c2ccc(C(=O)OC(C)C)cc2)o1. The first-order valence-electron chi connectivity index (χ1n) is 10.7. The number of carbonyl (C=O) groups excluding carboxylic acids is 2. The topological polar surface area (TPSA) is 72.1 Å². The molecule has 1 aromatic heterocycles. The molecule has 0 saturated carbocycles. The van der Waals surface area contributed by atoms with E-state index in [1.807, 2.05) is 0 Å². The minimum Gasteiger partial charge on any atom is -0.459 e. The summed E-state index contributed by atoms with van der Waals surface area (Å²) < 4.78 is 50.2. The van der Waals surface area contributed by atoms with E-state index >= 15 is 0 Å². The van der Waals surface area contributed by atoms with Crippen LogP contribution >= 0.6 is 0 Å². The maximum atomic E-state index is 13.1. The molecule has 1 aliphatic rings. The second kappa shape index (κ2) is 9.25. The van der Waals surface area contributed by atoms with Gasteiger partial charge in [-0.3, -0.25) is 4.79 Å². The van der Waals surface area contributed by atoms with Gasteiger partial charge in [-0.2, -0.15) is 23.3 Å². The molecule has 2 aromatic carbocycles. The van der Waals surface area contributed by atoms with Gasteiger partial charge in [-0.1, -0.05) is 18.2 Å². The number of hydrogen-bond acceptors (Lipinski definition) is 5. The van der Waals surface area contributed by atoms with Crippen molar-refractivity contribution in [2.45, 2.75) is 33.1 Å². The predicted molar refractivity (Wildman–Crippen MR) is 125 cm³/mol. The molecule has 4 rings (SSSR count). The summed E-state index contributed by atoms with van der Waals surface area (Å²) >= 11 is 0. The van der Waals surface area contributed by atoms with E-state index in [0.29, 0.717) is 28.4 Å². The highest BCUT2D eigenvalue weighted by atomic mass is 19.4. The van der Waals surface area contributed by atoms with Gasteiger partial charge in [0.1, 0.15) is 11.5 Å². The molecule has 2 heterocycles. The summed E-state index contributed by atoms with van der Waals surface area (Å²) in [7, 11) is 0. The van der Waals surface area contributed by atoms with Gasteiger partial charge in [0.15, 0.2) is 0 Å². The molecule has 0 aliphatic carbocycles. The van der Waals surface area contributed by atoms with Crippen molar-refractivity contribution in [1.29, 1.82) is 0 Å². The third-order valence-electron chi connectivity index (χ3n) is 5.14. The average Bonchev–Trinajstić information content (AvgIpc) is 3.38. The Balaban J connectivity index is 1.54. The van der Waals surface area contributed by atoms with E-state index in [1.54, 1.807) is 57.2 Å². The number of furan rings is 1. The summed E-state index contributed by atoms with van der Waals surface area (Å²) in [5.74, 6) is -0.105. The van der Waals surface area contributed by atoms with Crippen LogP contribution in [0.15, 0.2) is 75.8 Å². The molecule has 0 radical (unpaired) electrons. The highest BCUT2D eigenvalue weighted by molar-refractivity contribution is 6.32. The number of hydrogen-bond donors (Lipinski definition) is 0. The fraction of sp³-hybridized carbons (Fsp3) is 0.192. The van der Waals surface area contributed by atoms with E-state index < -0.39 is 23.6 Å². The summed E-state index contributed by atoms with van der Waals surface area (Å²) in [6.07, 6.45) is -3.27. The monoisotopic (exact) mass is 482 g/mol. The lowest BCUT2D eigenvalue weighted by atomic mass is 10.1. The predicted octanol–water partition coefficient (Wildman–Crippen LogP) is 6.34. The first-order valence-corrected chi connectivity index (χ1v) is 10.7. The number of halogens is 3. The van der Waals surface area contributed by atoms with Crippen LogP contribution in [-0.2, 0) is 15.7 Å². The van der Waals surface area contributed by atoms with Crippen LogP contribution in [0.1, 0.15) is 42.5 Å². The number of carbonyl (C=O) groups is 2. The zero-order valence-electron chi connectivity index (χ0n) is 19.1. The number of alkyl halides is 3. The van der Waals surface area contributed by atoms with E-state index in [0.717, 1.165) is 17.1 Å². The lowest BCUT2D eigenvalue weighted by molar-refractivity contribution is -0.137. The van der Waals surface area contributed by atoms with Gasteiger partial charge in [-0.15, -0.1) is 0 Å². The zero-order chi connectivity index (χ0) is 25.3. The number of esters is 1. The van der Waals surface area contributed by atoms with Crippen LogP contribution in [-0.4, -0.2) is 23.7 Å². The highest BCUT2D eigenvalue weighted by Gasteiger charge is 2.33. The minimum atomic E-state index is -4.53. The second-order valence-corrected chi connectivity index (χ2v) is 8.14. The molecular weight excluding hydrogens is 461 g/mol. The van der Waals surface area contributed by atoms with Crippen LogP contribution < -0.4 is 5.01 Å². The lowest BCUT2D eigenvalue weighted by Crippen LogP contribution is -2.21. The molecule has 0 N–H and O–H groups in total. The number of rotatable bonds is 5. The Bertz CT molecular complexity index is 1340. The standard InChI is InChI=1S/C26H21F3N2O4/c1-15(2)34-25(33)18-9-7-17(8-10-18)23-12-11-21(35-23)14-22-16(3)30-31(24(22)32)20-6-4-5-19(13-20)26(27,28)29/h4-15H,1-3H3/b22-14+. The van der Waals surface area contributed by atoms with Gasteiger partial charge in [0.25, 0.3) is 5.91 Å². The van der Waals surface area contributed by atoms with Crippen LogP contribution in [0.4, 0.5) is 18.9 Å². The van der Waals surface area contributed by atoms with Crippen molar-refractivity contribution in [2.75, 3.05) is 5.01 Å². The molecule has 3 aromatic rings. The Morgan fingerprint density at radius 2 is 1.80 bits per heavy atom. The Morgan fingerprint density at radius 3 is 2.46 bits per heavy atom. The summed E-state index contributed by atoms with van der Waals surface area (Å²) in [6.45, 7) is 5.13. The van der Waals surface area contributed by atoms with Gasteiger partial charge in [0.05, 0.1) is 34.2 Å². The quantitative estimate of drug-likeness (QED) is 0.314. The molecule has 1 amide bonds. The summed E-state index contributed by atoms with van der Waals surface area (Å²) in [5.41, 5.74) is 0.823. The Hall–Kier alpha value is -4.14. The molecule has 0 saturated heterocycles. The maximum Gasteiger partial charge on any atom is 0.416 e. The Labute approximate surface area is 199 Å². The van der Waals surface area contributed by atoms with Crippen LogP contribution in [0.2, 0.25) is 0 Å². The number of nitrogens with zero attached hydrogens (tertiary/aromatic N) is 2. The zero-order valence-corrected chi connectivity index (χ0v) is 19.1. The second-order valence-electron chi connectivity index (χ2n) is 8.14. The van der Waals surface area contributed by atoms with Crippen molar-refractivity contribution < 1.29 is 31.9 Å². The number of ether oxygens (including phenoxy) is 1. The van der Waals surface area contributed by atoms with Crippen LogP contribution in [0.3, 0.4) is 0 Å². The number of benzene rings is 2. The molecule has 0 spiro atoms. The molecule has 35 heavy (non-hydrogen) atoms. The molecular formula is C26H21F3N2O4. The van der Waals surface area contributed by atoms with Crippen molar-refractivity contribution in [3.8, 4) is 11.3 Å². The summed E-state index contributed by atoms with van der Waals surface area (Å²) in [4.78, 5) is 24.9. The van der Waals surface area contributed by atoms with Crippen molar-refractivity contribution in [3.05, 3.63) is 83.1 Å². The smallest absolute Gasteiger partial charge is 0.416 e. The van der Waals surface area contributed by atoms with Gasteiger partial charge in [0.2, 0.25) is 0 Å². The van der Waals surface area contributed by atoms with Gasteiger partial charge < -0.3 is 9.15 Å². The molecule has 1 aliphatic heterocycles. The lowest BCUT2D eigenvalue weighted by Gasteiger charge is -2.14. The van der Waals surface area contributed by atoms with Crippen molar-refractivity contribution >= 4 is 29.4 Å². The molecule has 0 bridgehead atoms. The average molecular weight is 482 g/mol. The molecule has 6 nitrogen and oxygen atoms in total. The first-order chi connectivity index (χ1) is 16.5. The Kier molecular flexibility index (Phi) is 6.34. The largest absolute Gasteiger partial charge is 0.459 e. The van der Waals surface area contributed by atoms with E-state index in [2.05, 4.69) is 5.10 Å². The number of anilines is 1. The van der Waals surface area contributed by atoms with Crippen molar-refractivity contribution in [1.82, 2.24) is 0 Å². The molecule has 180 valence electrons. The van der Waals surface area contributed by atoms with Gasteiger partial charge in [-0.25, -0.2) is 4.79 Å². The molecule has 0 unspecified atom stereocenters. The van der Waals surface area contributed by atoms with Crippen molar-refractivity contribution in [2.24, 2.45) is 5.10 Å². The Morgan fingerprint density at radius 1 is 1.09 bits per heavy atom. The molecule has 9 heteroatoms. The third kappa shape index (κ3) is 5.18. The van der Waals surface area contributed by atoms with Crippen LogP contribution in [0, 0.1) is 0 Å². The summed E-state index contributed by atoms with van der Waals surface area (Å²) in [5, 5.41) is 5.07. The van der Waals surface area contributed by atoms with Crippen molar-refractivity contribution in [3.63, 3.8) is 0 Å². The first kappa shape index (κ1) is 24.0. The highest BCUT2D eigenvalue weighted by Crippen LogP contribution is 2.33. The maximum absolute atomic E-state index is 13.1. The summed E-state index contributed by atoms with van der Waals surface area (Å²) in [6, 6.07) is 14.5. The fourth-order valence-electron chi connectivity index (χ4n) is 3.45.